The molecule has 2 aromatic heterocycles. The summed E-state index contributed by atoms with van der Waals surface area (Å²) in [6.07, 6.45) is 2.38. The highest BCUT2D eigenvalue weighted by molar-refractivity contribution is 7.16. The fourth-order valence-electron chi connectivity index (χ4n) is 4.71. The summed E-state index contributed by atoms with van der Waals surface area (Å²) in [6, 6.07) is 11.3. The molecule has 2 aliphatic heterocycles. The monoisotopic (exact) mass is 457 g/mol. The molecule has 0 radical (unpaired) electrons. The van der Waals surface area contributed by atoms with Crippen LogP contribution in [0.4, 0.5) is 0 Å². The Balaban J connectivity index is 1.36. The number of benzene rings is 2. The summed E-state index contributed by atoms with van der Waals surface area (Å²) >= 11 is 1.60. The Morgan fingerprint density at radius 1 is 1.06 bits per heavy atom. The molecule has 2 aliphatic rings. The van der Waals surface area contributed by atoms with E-state index in [2.05, 4.69) is 21.4 Å². The number of imidazole rings is 1. The Morgan fingerprint density at radius 3 is 2.76 bits per heavy atom. The summed E-state index contributed by atoms with van der Waals surface area (Å²) in [5.74, 6) is -0.872. The number of fused-ring (bicyclic) bond motifs is 2. The van der Waals surface area contributed by atoms with Gasteiger partial charge in [0.1, 0.15) is 6.04 Å². The van der Waals surface area contributed by atoms with Gasteiger partial charge in [-0.3, -0.25) is 19.7 Å². The van der Waals surface area contributed by atoms with Crippen LogP contribution in [-0.2, 0) is 23.2 Å². The molecule has 0 unspecified atom stereocenters. The van der Waals surface area contributed by atoms with Crippen molar-refractivity contribution in [2.24, 2.45) is 7.05 Å². The number of carbonyl (C=O) groups excluding carboxylic acids is 3. The van der Waals surface area contributed by atoms with Gasteiger partial charge in [-0.1, -0.05) is 12.1 Å². The van der Waals surface area contributed by atoms with Gasteiger partial charge in [-0.25, -0.2) is 9.97 Å². The number of imide groups is 1. The van der Waals surface area contributed by atoms with E-state index in [0.29, 0.717) is 18.5 Å². The molecular formula is C24H19N5O3S. The van der Waals surface area contributed by atoms with Crippen molar-refractivity contribution in [1.82, 2.24) is 24.8 Å². The van der Waals surface area contributed by atoms with Crippen LogP contribution in [0.3, 0.4) is 0 Å². The zero-order valence-electron chi connectivity index (χ0n) is 17.7. The van der Waals surface area contributed by atoms with Crippen LogP contribution >= 0.6 is 11.3 Å². The number of hydrogen-bond acceptors (Lipinski definition) is 6. The molecule has 0 bridgehead atoms. The minimum absolute atomic E-state index is 0.178. The molecule has 8 nitrogen and oxygen atoms in total. The number of rotatable bonds is 3. The molecule has 33 heavy (non-hydrogen) atoms. The molecule has 0 saturated carbocycles. The highest BCUT2D eigenvalue weighted by Gasteiger charge is 2.39. The SMILES string of the molecule is Cn1cnc(-c2ccc3c(c2)CN([C@H]2CCC(=O)NC2=O)C3=O)c1-c1ccc2ncsc2c1. The molecule has 0 aliphatic carbocycles. The second kappa shape index (κ2) is 7.35. The van der Waals surface area contributed by atoms with Crippen molar-refractivity contribution in [3.8, 4) is 22.5 Å². The molecule has 0 spiro atoms. The third kappa shape index (κ3) is 3.15. The van der Waals surface area contributed by atoms with Gasteiger partial charge in [-0.15, -0.1) is 11.3 Å². The number of nitrogens with zero attached hydrogens (tertiary/aromatic N) is 4. The van der Waals surface area contributed by atoms with Gasteiger partial charge in [0, 0.05) is 36.7 Å². The fourth-order valence-corrected chi connectivity index (χ4v) is 5.42. The summed E-state index contributed by atoms with van der Waals surface area (Å²) in [4.78, 5) is 47.4. The first-order valence-corrected chi connectivity index (χ1v) is 11.5. The highest BCUT2D eigenvalue weighted by atomic mass is 32.1. The average molecular weight is 458 g/mol. The lowest BCUT2D eigenvalue weighted by molar-refractivity contribution is -0.136. The fraction of sp³-hybridized carbons (Fsp3) is 0.208. The third-order valence-corrected chi connectivity index (χ3v) is 7.13. The maximum absolute atomic E-state index is 13.0. The van der Waals surface area contributed by atoms with Crippen molar-refractivity contribution in [1.29, 1.82) is 0 Å². The summed E-state index contributed by atoms with van der Waals surface area (Å²) < 4.78 is 3.10. The van der Waals surface area contributed by atoms with E-state index in [4.69, 9.17) is 0 Å². The van der Waals surface area contributed by atoms with E-state index in [9.17, 15) is 14.4 Å². The molecule has 164 valence electrons. The predicted molar refractivity (Wildman–Crippen MR) is 123 cm³/mol. The van der Waals surface area contributed by atoms with E-state index in [1.165, 1.54) is 0 Å². The van der Waals surface area contributed by atoms with Gasteiger partial charge in [-0.05, 0) is 36.2 Å². The number of hydrogen-bond donors (Lipinski definition) is 1. The standard InChI is InChI=1S/C24H19N5O3S/c1-28-11-25-21(22(28)14-3-5-17-19(9-14)33-12-26-17)13-2-4-16-15(8-13)10-29(24(16)32)18-6-7-20(30)27-23(18)31/h2-5,8-9,11-12,18H,6-7,10H2,1H3,(H,27,30,31)/t18-/m0/s1. The van der Waals surface area contributed by atoms with Crippen molar-refractivity contribution in [2.75, 3.05) is 0 Å². The van der Waals surface area contributed by atoms with E-state index >= 15 is 0 Å². The minimum Gasteiger partial charge on any atom is -0.333 e. The van der Waals surface area contributed by atoms with Gasteiger partial charge in [0.25, 0.3) is 5.91 Å². The van der Waals surface area contributed by atoms with Gasteiger partial charge in [0.15, 0.2) is 0 Å². The van der Waals surface area contributed by atoms with Crippen molar-refractivity contribution in [3.05, 3.63) is 59.4 Å². The van der Waals surface area contributed by atoms with Crippen molar-refractivity contribution >= 4 is 39.3 Å². The smallest absolute Gasteiger partial charge is 0.255 e. The Bertz CT molecular complexity index is 1470. The first-order chi connectivity index (χ1) is 16.0. The number of thiazole rings is 1. The Kier molecular flexibility index (Phi) is 4.41. The van der Waals surface area contributed by atoms with Crippen molar-refractivity contribution in [3.63, 3.8) is 0 Å². The molecule has 3 amide bonds. The summed E-state index contributed by atoms with van der Waals surface area (Å²) in [7, 11) is 1.96. The molecule has 4 aromatic rings. The van der Waals surface area contributed by atoms with Gasteiger partial charge in [0.05, 0.1) is 33.4 Å². The van der Waals surface area contributed by atoms with Crippen molar-refractivity contribution in [2.45, 2.75) is 25.4 Å². The predicted octanol–water partition coefficient (Wildman–Crippen LogP) is 3.12. The molecule has 4 heterocycles. The molecule has 1 saturated heterocycles. The number of aromatic nitrogens is 3. The quantitative estimate of drug-likeness (QED) is 0.477. The summed E-state index contributed by atoms with van der Waals surface area (Å²) in [6.45, 7) is 0.337. The lowest BCUT2D eigenvalue weighted by atomic mass is 10.0. The van der Waals surface area contributed by atoms with Crippen LogP contribution in [0.5, 0.6) is 0 Å². The molecule has 1 fully saturated rings. The Labute approximate surface area is 192 Å². The zero-order chi connectivity index (χ0) is 22.7. The zero-order valence-corrected chi connectivity index (χ0v) is 18.6. The second-order valence-corrected chi connectivity index (χ2v) is 9.25. The van der Waals surface area contributed by atoms with E-state index in [-0.39, 0.29) is 18.2 Å². The molecule has 1 N–H and O–H groups in total. The van der Waals surface area contributed by atoms with Crippen LogP contribution in [0.2, 0.25) is 0 Å². The maximum atomic E-state index is 13.0. The van der Waals surface area contributed by atoms with Crippen LogP contribution in [0, 0.1) is 0 Å². The molecule has 1 atom stereocenters. The summed E-state index contributed by atoms with van der Waals surface area (Å²) in [5, 5.41) is 2.34. The molecule has 6 rings (SSSR count). The van der Waals surface area contributed by atoms with Crippen LogP contribution in [0.1, 0.15) is 28.8 Å². The van der Waals surface area contributed by atoms with Crippen molar-refractivity contribution < 1.29 is 14.4 Å². The van der Waals surface area contributed by atoms with E-state index in [1.807, 2.05) is 47.5 Å². The van der Waals surface area contributed by atoms with Gasteiger partial charge >= 0.3 is 0 Å². The second-order valence-electron chi connectivity index (χ2n) is 8.36. The topological polar surface area (TPSA) is 97.2 Å². The average Bonchev–Trinajstić information content (AvgIpc) is 3.50. The number of nitrogens with one attached hydrogen (secondary N) is 1. The van der Waals surface area contributed by atoms with E-state index in [1.54, 1.807) is 22.6 Å². The van der Waals surface area contributed by atoms with E-state index in [0.717, 1.165) is 38.3 Å². The lowest BCUT2D eigenvalue weighted by Gasteiger charge is -2.29. The highest BCUT2D eigenvalue weighted by Crippen LogP contribution is 2.36. The first-order valence-electron chi connectivity index (χ1n) is 10.6. The maximum Gasteiger partial charge on any atom is 0.255 e. The first kappa shape index (κ1) is 19.8. The minimum atomic E-state index is -0.623. The number of aryl methyl sites for hydroxylation is 1. The number of amides is 3. The molecular weight excluding hydrogens is 438 g/mol. The van der Waals surface area contributed by atoms with Crippen LogP contribution < -0.4 is 5.32 Å². The summed E-state index contributed by atoms with van der Waals surface area (Å²) in [5.41, 5.74) is 8.02. The van der Waals surface area contributed by atoms with E-state index < -0.39 is 11.9 Å². The number of piperidine rings is 1. The van der Waals surface area contributed by atoms with Crippen LogP contribution in [0.25, 0.3) is 32.7 Å². The van der Waals surface area contributed by atoms with Gasteiger partial charge in [-0.2, -0.15) is 0 Å². The Hall–Kier alpha value is -3.85. The number of carbonyl (C=O) groups is 3. The molecule has 9 heteroatoms. The molecule has 2 aromatic carbocycles. The van der Waals surface area contributed by atoms with Gasteiger partial charge < -0.3 is 9.47 Å². The normalized spacial score (nSPS) is 18.2. The Morgan fingerprint density at radius 2 is 1.91 bits per heavy atom. The lowest BCUT2D eigenvalue weighted by Crippen LogP contribution is -2.52. The largest absolute Gasteiger partial charge is 0.333 e. The van der Waals surface area contributed by atoms with Crippen LogP contribution in [0.15, 0.2) is 48.2 Å². The van der Waals surface area contributed by atoms with Crippen LogP contribution in [-0.4, -0.2) is 43.2 Å². The third-order valence-electron chi connectivity index (χ3n) is 6.34. The van der Waals surface area contributed by atoms with Gasteiger partial charge in [0.2, 0.25) is 11.8 Å².